The zero-order valence-corrected chi connectivity index (χ0v) is 12.2. The van der Waals surface area contributed by atoms with Crippen molar-refractivity contribution in [2.45, 2.75) is 19.3 Å². The van der Waals surface area contributed by atoms with Gasteiger partial charge in [0.25, 0.3) is 0 Å². The Morgan fingerprint density at radius 2 is 2.20 bits per heavy atom. The van der Waals surface area contributed by atoms with Crippen LogP contribution >= 0.6 is 0 Å². The van der Waals surface area contributed by atoms with Crippen molar-refractivity contribution < 1.29 is 9.53 Å². The molecule has 0 radical (unpaired) electrons. The average molecular weight is 276 g/mol. The molecule has 0 bridgehead atoms. The van der Waals surface area contributed by atoms with Crippen molar-refractivity contribution in [3.05, 3.63) is 30.3 Å². The van der Waals surface area contributed by atoms with E-state index in [0.717, 1.165) is 38.2 Å². The molecule has 1 atom stereocenters. The second kappa shape index (κ2) is 7.90. The van der Waals surface area contributed by atoms with E-state index >= 15 is 0 Å². The number of carbonyl (C=O) groups is 1. The summed E-state index contributed by atoms with van der Waals surface area (Å²) < 4.78 is 5.60. The minimum Gasteiger partial charge on any atom is -0.494 e. The van der Waals surface area contributed by atoms with Gasteiger partial charge >= 0.3 is 0 Å². The average Bonchev–Trinajstić information content (AvgIpc) is 2.94. The predicted molar refractivity (Wildman–Crippen MR) is 79.8 cm³/mol. The zero-order valence-electron chi connectivity index (χ0n) is 12.2. The Bertz CT molecular complexity index is 408. The van der Waals surface area contributed by atoms with Gasteiger partial charge in [-0.05, 0) is 44.5 Å². The molecule has 1 fully saturated rings. The summed E-state index contributed by atoms with van der Waals surface area (Å²) in [5.74, 6) is 1.75. The molecule has 1 aromatic carbocycles. The van der Waals surface area contributed by atoms with Crippen LogP contribution in [0.1, 0.15) is 19.3 Å². The Morgan fingerprint density at radius 1 is 1.40 bits per heavy atom. The Hall–Kier alpha value is -1.55. The first-order chi connectivity index (χ1) is 9.79. The molecule has 110 valence electrons. The van der Waals surface area contributed by atoms with E-state index in [4.69, 9.17) is 4.74 Å². The number of hydrogen-bond acceptors (Lipinski definition) is 3. The van der Waals surface area contributed by atoms with Crippen molar-refractivity contribution >= 4 is 5.91 Å². The number of rotatable bonds is 7. The van der Waals surface area contributed by atoms with Crippen molar-refractivity contribution in [3.63, 3.8) is 0 Å². The first kappa shape index (κ1) is 14.9. The van der Waals surface area contributed by atoms with E-state index in [0.29, 0.717) is 18.9 Å². The number of amides is 1. The van der Waals surface area contributed by atoms with Crippen molar-refractivity contribution in [1.29, 1.82) is 0 Å². The summed E-state index contributed by atoms with van der Waals surface area (Å²) >= 11 is 0. The molecule has 0 spiro atoms. The van der Waals surface area contributed by atoms with Crippen LogP contribution in [0.25, 0.3) is 0 Å². The standard InChI is InChI=1S/C16H24N2O2/c1-17-12-14-9-10-18(13-14)16(19)8-5-11-20-15-6-3-2-4-7-15/h2-4,6-7,14,17H,5,8-13H2,1H3. The van der Waals surface area contributed by atoms with E-state index in [2.05, 4.69) is 5.32 Å². The third-order valence-corrected chi connectivity index (χ3v) is 3.68. The van der Waals surface area contributed by atoms with Gasteiger partial charge < -0.3 is 15.0 Å². The minimum atomic E-state index is 0.264. The van der Waals surface area contributed by atoms with Crippen LogP contribution in [0.4, 0.5) is 0 Å². The van der Waals surface area contributed by atoms with Gasteiger partial charge in [-0.3, -0.25) is 4.79 Å². The molecule has 0 saturated carbocycles. The maximum atomic E-state index is 12.1. The molecule has 1 amide bonds. The first-order valence-corrected chi connectivity index (χ1v) is 7.40. The molecule has 0 aliphatic carbocycles. The van der Waals surface area contributed by atoms with Crippen LogP contribution in [0.3, 0.4) is 0 Å². The largest absolute Gasteiger partial charge is 0.494 e. The Morgan fingerprint density at radius 3 is 2.95 bits per heavy atom. The maximum Gasteiger partial charge on any atom is 0.222 e. The fourth-order valence-corrected chi connectivity index (χ4v) is 2.60. The molecule has 2 rings (SSSR count). The van der Waals surface area contributed by atoms with Gasteiger partial charge in [-0.2, -0.15) is 0 Å². The van der Waals surface area contributed by atoms with Gasteiger partial charge in [0.15, 0.2) is 0 Å². The highest BCUT2D eigenvalue weighted by Crippen LogP contribution is 2.17. The second-order valence-corrected chi connectivity index (χ2v) is 5.32. The lowest BCUT2D eigenvalue weighted by atomic mass is 10.1. The molecule has 1 saturated heterocycles. The van der Waals surface area contributed by atoms with Gasteiger partial charge in [0.05, 0.1) is 6.61 Å². The van der Waals surface area contributed by atoms with Gasteiger partial charge in [0.1, 0.15) is 5.75 Å². The summed E-state index contributed by atoms with van der Waals surface area (Å²) in [5, 5.41) is 3.18. The van der Waals surface area contributed by atoms with E-state index in [1.807, 2.05) is 42.3 Å². The molecular weight excluding hydrogens is 252 g/mol. The third kappa shape index (κ3) is 4.53. The van der Waals surface area contributed by atoms with E-state index in [1.165, 1.54) is 0 Å². The monoisotopic (exact) mass is 276 g/mol. The normalized spacial score (nSPS) is 18.2. The van der Waals surface area contributed by atoms with E-state index in [-0.39, 0.29) is 5.91 Å². The fraction of sp³-hybridized carbons (Fsp3) is 0.562. The SMILES string of the molecule is CNCC1CCN(C(=O)CCCOc2ccccc2)C1. The Labute approximate surface area is 121 Å². The molecule has 1 N–H and O–H groups in total. The summed E-state index contributed by atoms with van der Waals surface area (Å²) in [6.45, 7) is 3.41. The molecule has 1 unspecified atom stereocenters. The molecule has 1 heterocycles. The third-order valence-electron chi connectivity index (χ3n) is 3.68. The number of benzene rings is 1. The number of para-hydroxylation sites is 1. The summed E-state index contributed by atoms with van der Waals surface area (Å²) in [5.41, 5.74) is 0. The van der Waals surface area contributed by atoms with Crippen molar-refractivity contribution in [2.24, 2.45) is 5.92 Å². The highest BCUT2D eigenvalue weighted by atomic mass is 16.5. The summed E-state index contributed by atoms with van der Waals surface area (Å²) in [7, 11) is 1.96. The Balaban J connectivity index is 1.61. The van der Waals surface area contributed by atoms with Crippen LogP contribution in [-0.4, -0.2) is 44.1 Å². The number of nitrogens with zero attached hydrogens (tertiary/aromatic N) is 1. The van der Waals surface area contributed by atoms with Gasteiger partial charge in [0.2, 0.25) is 5.91 Å². The van der Waals surface area contributed by atoms with Gasteiger partial charge in [0, 0.05) is 19.5 Å². The van der Waals surface area contributed by atoms with E-state index in [9.17, 15) is 4.79 Å². The topological polar surface area (TPSA) is 41.6 Å². The van der Waals surface area contributed by atoms with Crippen molar-refractivity contribution in [1.82, 2.24) is 10.2 Å². The lowest BCUT2D eigenvalue weighted by Gasteiger charge is -2.16. The van der Waals surface area contributed by atoms with E-state index in [1.54, 1.807) is 0 Å². The number of carbonyl (C=O) groups excluding carboxylic acids is 1. The van der Waals surface area contributed by atoms with Crippen molar-refractivity contribution in [2.75, 3.05) is 33.3 Å². The quantitative estimate of drug-likeness (QED) is 0.774. The molecule has 1 aromatic rings. The van der Waals surface area contributed by atoms with Gasteiger partial charge in [-0.15, -0.1) is 0 Å². The highest BCUT2D eigenvalue weighted by molar-refractivity contribution is 5.76. The van der Waals surface area contributed by atoms with Crippen LogP contribution in [0.2, 0.25) is 0 Å². The van der Waals surface area contributed by atoms with Gasteiger partial charge in [-0.25, -0.2) is 0 Å². The van der Waals surface area contributed by atoms with Crippen LogP contribution < -0.4 is 10.1 Å². The van der Waals surface area contributed by atoms with Crippen molar-refractivity contribution in [3.8, 4) is 5.75 Å². The van der Waals surface area contributed by atoms with Crippen LogP contribution in [-0.2, 0) is 4.79 Å². The first-order valence-electron chi connectivity index (χ1n) is 7.40. The number of nitrogens with one attached hydrogen (secondary N) is 1. The van der Waals surface area contributed by atoms with Crippen LogP contribution in [0.5, 0.6) is 5.75 Å². The van der Waals surface area contributed by atoms with E-state index < -0.39 is 0 Å². The summed E-state index contributed by atoms with van der Waals surface area (Å²) in [6.07, 6.45) is 2.48. The predicted octanol–water partition coefficient (Wildman–Crippen LogP) is 1.91. The smallest absolute Gasteiger partial charge is 0.222 e. The second-order valence-electron chi connectivity index (χ2n) is 5.32. The lowest BCUT2D eigenvalue weighted by Crippen LogP contribution is -2.30. The molecule has 1 aliphatic heterocycles. The minimum absolute atomic E-state index is 0.264. The summed E-state index contributed by atoms with van der Waals surface area (Å²) in [6, 6.07) is 9.74. The zero-order chi connectivity index (χ0) is 14.2. The molecule has 4 nitrogen and oxygen atoms in total. The molecule has 1 aliphatic rings. The fourth-order valence-electron chi connectivity index (χ4n) is 2.60. The maximum absolute atomic E-state index is 12.1. The van der Waals surface area contributed by atoms with Crippen LogP contribution in [0.15, 0.2) is 30.3 Å². The van der Waals surface area contributed by atoms with Crippen LogP contribution in [0, 0.1) is 5.92 Å². The number of ether oxygens (including phenoxy) is 1. The number of likely N-dealkylation sites (tertiary alicyclic amines) is 1. The molecule has 4 heteroatoms. The Kier molecular flexibility index (Phi) is 5.87. The van der Waals surface area contributed by atoms with Gasteiger partial charge in [-0.1, -0.05) is 18.2 Å². The highest BCUT2D eigenvalue weighted by Gasteiger charge is 2.24. The summed E-state index contributed by atoms with van der Waals surface area (Å²) in [4.78, 5) is 14.0. The molecule has 20 heavy (non-hydrogen) atoms. The molecule has 0 aromatic heterocycles. The molecular formula is C16H24N2O2. The lowest BCUT2D eigenvalue weighted by molar-refractivity contribution is -0.130. The number of hydrogen-bond donors (Lipinski definition) is 1.